The lowest BCUT2D eigenvalue weighted by atomic mass is 9.99. The predicted molar refractivity (Wildman–Crippen MR) is 77.3 cm³/mol. The summed E-state index contributed by atoms with van der Waals surface area (Å²) >= 11 is 0. The van der Waals surface area contributed by atoms with Crippen molar-refractivity contribution in [3.8, 4) is 0 Å². The van der Waals surface area contributed by atoms with Crippen molar-refractivity contribution in [3.63, 3.8) is 0 Å². The largest absolute Gasteiger partial charge is 0.344 e. The van der Waals surface area contributed by atoms with Gasteiger partial charge in [0, 0.05) is 25.3 Å². The molecule has 2 rings (SSSR count). The summed E-state index contributed by atoms with van der Waals surface area (Å²) in [4.78, 5) is 14.8. The molecule has 19 heavy (non-hydrogen) atoms. The molecule has 0 saturated carbocycles. The number of aryl methyl sites for hydroxylation is 1. The average molecular weight is 263 g/mol. The number of hydrogen-bond donors (Lipinski definition) is 1. The molecule has 1 aliphatic rings. The number of nitrogens with zero attached hydrogens (tertiary/aromatic N) is 2. The van der Waals surface area contributed by atoms with E-state index in [4.69, 9.17) is 0 Å². The van der Waals surface area contributed by atoms with Crippen LogP contribution >= 0.6 is 0 Å². The van der Waals surface area contributed by atoms with E-state index in [1.807, 2.05) is 29.9 Å². The molecular formula is C15H25N3O. The summed E-state index contributed by atoms with van der Waals surface area (Å²) < 4.78 is 2.03. The normalized spacial score (nSPS) is 19.7. The first-order valence-corrected chi connectivity index (χ1v) is 7.38. The van der Waals surface area contributed by atoms with Gasteiger partial charge in [0.2, 0.25) is 0 Å². The highest BCUT2D eigenvalue weighted by Crippen LogP contribution is 2.22. The molecule has 4 heteroatoms. The molecule has 1 saturated heterocycles. The van der Waals surface area contributed by atoms with Crippen LogP contribution in [0.2, 0.25) is 0 Å². The topological polar surface area (TPSA) is 37.3 Å². The predicted octanol–water partition coefficient (Wildman–Crippen LogP) is 2.11. The molecule has 1 aromatic heterocycles. The van der Waals surface area contributed by atoms with Crippen LogP contribution in [0.3, 0.4) is 0 Å². The Bertz CT molecular complexity index is 413. The number of nitrogens with one attached hydrogen (secondary N) is 1. The van der Waals surface area contributed by atoms with Crippen LogP contribution < -0.4 is 5.32 Å². The van der Waals surface area contributed by atoms with Crippen molar-refractivity contribution in [3.05, 3.63) is 24.0 Å². The Hall–Kier alpha value is -1.29. The van der Waals surface area contributed by atoms with E-state index in [-0.39, 0.29) is 5.91 Å². The third-order valence-electron chi connectivity index (χ3n) is 4.00. The van der Waals surface area contributed by atoms with Crippen LogP contribution in [0.25, 0.3) is 0 Å². The third-order valence-corrected chi connectivity index (χ3v) is 4.00. The monoisotopic (exact) mass is 263 g/mol. The minimum atomic E-state index is 0.202. The highest BCUT2D eigenvalue weighted by molar-refractivity contribution is 5.93. The molecule has 1 unspecified atom stereocenters. The Morgan fingerprint density at radius 2 is 2.32 bits per heavy atom. The molecule has 1 fully saturated rings. The van der Waals surface area contributed by atoms with E-state index in [0.29, 0.717) is 6.04 Å². The van der Waals surface area contributed by atoms with Crippen LogP contribution in [-0.4, -0.2) is 41.6 Å². The van der Waals surface area contributed by atoms with Crippen LogP contribution in [-0.2, 0) is 6.54 Å². The van der Waals surface area contributed by atoms with Gasteiger partial charge in [-0.05, 0) is 58.3 Å². The molecule has 106 valence electrons. The van der Waals surface area contributed by atoms with Crippen LogP contribution in [0, 0.1) is 0 Å². The fourth-order valence-corrected chi connectivity index (χ4v) is 2.91. The van der Waals surface area contributed by atoms with Crippen LogP contribution in [0.4, 0.5) is 0 Å². The Labute approximate surface area is 115 Å². The van der Waals surface area contributed by atoms with Gasteiger partial charge in [-0.3, -0.25) is 4.79 Å². The van der Waals surface area contributed by atoms with Crippen molar-refractivity contribution in [1.29, 1.82) is 0 Å². The van der Waals surface area contributed by atoms with Crippen molar-refractivity contribution in [1.82, 2.24) is 14.8 Å². The highest BCUT2D eigenvalue weighted by Gasteiger charge is 2.28. The van der Waals surface area contributed by atoms with Crippen molar-refractivity contribution < 1.29 is 4.79 Å². The zero-order valence-corrected chi connectivity index (χ0v) is 12.1. The molecule has 2 heterocycles. The lowest BCUT2D eigenvalue weighted by Crippen LogP contribution is -2.45. The van der Waals surface area contributed by atoms with E-state index in [1.54, 1.807) is 0 Å². The third kappa shape index (κ3) is 3.18. The highest BCUT2D eigenvalue weighted by atomic mass is 16.2. The number of aromatic nitrogens is 1. The molecule has 1 atom stereocenters. The zero-order chi connectivity index (χ0) is 13.7. The molecule has 0 bridgehead atoms. The van der Waals surface area contributed by atoms with Crippen molar-refractivity contribution >= 4 is 5.91 Å². The van der Waals surface area contributed by atoms with Gasteiger partial charge >= 0.3 is 0 Å². The molecule has 1 aliphatic heterocycles. The smallest absolute Gasteiger partial charge is 0.270 e. The maximum atomic E-state index is 12.7. The summed E-state index contributed by atoms with van der Waals surface area (Å²) in [5, 5.41) is 3.19. The Kier molecular flexibility index (Phi) is 5.02. The van der Waals surface area contributed by atoms with E-state index in [9.17, 15) is 4.79 Å². The SMILES string of the molecule is CCn1cccc1C(=O)N1CCCCC1CCNC. The number of amides is 1. The van der Waals surface area contributed by atoms with Crippen molar-refractivity contribution in [2.75, 3.05) is 20.1 Å². The van der Waals surface area contributed by atoms with E-state index in [0.717, 1.165) is 44.6 Å². The maximum absolute atomic E-state index is 12.7. The second kappa shape index (κ2) is 6.75. The van der Waals surface area contributed by atoms with E-state index >= 15 is 0 Å². The fraction of sp³-hybridized carbons (Fsp3) is 0.667. The zero-order valence-electron chi connectivity index (χ0n) is 12.1. The molecule has 0 spiro atoms. The van der Waals surface area contributed by atoms with Gasteiger partial charge in [0.05, 0.1) is 0 Å². The summed E-state index contributed by atoms with van der Waals surface area (Å²) in [5.74, 6) is 0.202. The van der Waals surface area contributed by atoms with Gasteiger partial charge in [-0.2, -0.15) is 0 Å². The minimum Gasteiger partial charge on any atom is -0.344 e. The quantitative estimate of drug-likeness (QED) is 0.883. The maximum Gasteiger partial charge on any atom is 0.270 e. The minimum absolute atomic E-state index is 0.202. The Morgan fingerprint density at radius 1 is 1.47 bits per heavy atom. The summed E-state index contributed by atoms with van der Waals surface area (Å²) in [6.45, 7) is 4.81. The standard InChI is InChI=1S/C15H25N3O/c1-3-17-11-6-8-14(17)15(19)18-12-5-4-7-13(18)9-10-16-2/h6,8,11,13,16H,3-5,7,9-10,12H2,1-2H3. The van der Waals surface area contributed by atoms with E-state index in [2.05, 4.69) is 17.1 Å². The average Bonchev–Trinajstić information content (AvgIpc) is 2.93. The summed E-state index contributed by atoms with van der Waals surface area (Å²) in [7, 11) is 1.97. The number of carbonyl (C=O) groups is 1. The van der Waals surface area contributed by atoms with Gasteiger partial charge in [0.1, 0.15) is 5.69 Å². The first-order valence-electron chi connectivity index (χ1n) is 7.38. The Balaban J connectivity index is 2.10. The molecule has 1 N–H and O–H groups in total. The Morgan fingerprint density at radius 3 is 3.05 bits per heavy atom. The number of piperidine rings is 1. The lowest BCUT2D eigenvalue weighted by molar-refractivity contribution is 0.0591. The summed E-state index contributed by atoms with van der Waals surface area (Å²) in [6.07, 6.45) is 6.55. The van der Waals surface area contributed by atoms with E-state index < -0.39 is 0 Å². The second-order valence-electron chi connectivity index (χ2n) is 5.22. The number of hydrogen-bond acceptors (Lipinski definition) is 2. The van der Waals surface area contributed by atoms with Gasteiger partial charge < -0.3 is 14.8 Å². The summed E-state index contributed by atoms with van der Waals surface area (Å²) in [5.41, 5.74) is 0.832. The number of rotatable bonds is 5. The van der Waals surface area contributed by atoms with Crippen molar-refractivity contribution in [2.24, 2.45) is 0 Å². The van der Waals surface area contributed by atoms with E-state index in [1.165, 1.54) is 6.42 Å². The first kappa shape index (κ1) is 14.1. The second-order valence-corrected chi connectivity index (χ2v) is 5.22. The number of carbonyl (C=O) groups excluding carboxylic acids is 1. The van der Waals surface area contributed by atoms with Gasteiger partial charge in [0.25, 0.3) is 5.91 Å². The fourth-order valence-electron chi connectivity index (χ4n) is 2.91. The van der Waals surface area contributed by atoms with Crippen LogP contribution in [0.1, 0.15) is 43.1 Å². The van der Waals surface area contributed by atoms with Gasteiger partial charge in [0.15, 0.2) is 0 Å². The number of likely N-dealkylation sites (tertiary alicyclic amines) is 1. The molecule has 1 amide bonds. The lowest BCUT2D eigenvalue weighted by Gasteiger charge is -2.36. The molecule has 0 radical (unpaired) electrons. The molecule has 1 aromatic rings. The molecule has 0 aliphatic carbocycles. The molecular weight excluding hydrogens is 238 g/mol. The molecule has 0 aromatic carbocycles. The van der Waals surface area contributed by atoms with Crippen LogP contribution in [0.15, 0.2) is 18.3 Å². The first-order chi connectivity index (χ1) is 9.27. The summed E-state index contributed by atoms with van der Waals surface area (Å²) in [6, 6.07) is 4.30. The van der Waals surface area contributed by atoms with Gasteiger partial charge in [-0.25, -0.2) is 0 Å². The van der Waals surface area contributed by atoms with Crippen molar-refractivity contribution in [2.45, 2.75) is 45.2 Å². The van der Waals surface area contributed by atoms with Gasteiger partial charge in [-0.15, -0.1) is 0 Å². The van der Waals surface area contributed by atoms with Gasteiger partial charge in [-0.1, -0.05) is 0 Å². The van der Waals surface area contributed by atoms with Crippen LogP contribution in [0.5, 0.6) is 0 Å². The molecule has 4 nitrogen and oxygen atoms in total.